The number of hydrogen-bond donors (Lipinski definition) is 3. The Labute approximate surface area is 189 Å². The van der Waals surface area contributed by atoms with Crippen LogP contribution in [0.3, 0.4) is 0 Å². The first-order valence-corrected chi connectivity index (χ1v) is 11.8. The van der Waals surface area contributed by atoms with Crippen molar-refractivity contribution in [2.75, 3.05) is 24.7 Å². The van der Waals surface area contributed by atoms with Crippen LogP contribution >= 0.6 is 0 Å². The van der Waals surface area contributed by atoms with Crippen LogP contribution in [0.25, 0.3) is 11.3 Å². The highest BCUT2D eigenvalue weighted by molar-refractivity contribution is 7.90. The minimum atomic E-state index is -3.59. The van der Waals surface area contributed by atoms with Gasteiger partial charge in [0, 0.05) is 31.1 Å². The Bertz CT molecular complexity index is 1380. The van der Waals surface area contributed by atoms with E-state index >= 15 is 0 Å². The normalized spacial score (nSPS) is 11.1. The number of nitro groups is 1. The van der Waals surface area contributed by atoms with Gasteiger partial charge in [0.1, 0.15) is 11.3 Å². The van der Waals surface area contributed by atoms with Crippen molar-refractivity contribution in [2.24, 2.45) is 0 Å². The Morgan fingerprint density at radius 2 is 1.85 bits per heavy atom. The zero-order valence-corrected chi connectivity index (χ0v) is 18.7. The molecular weight excluding hydrogens is 448 g/mol. The monoisotopic (exact) mass is 470 g/mol. The average molecular weight is 471 g/mol. The summed E-state index contributed by atoms with van der Waals surface area (Å²) in [4.78, 5) is 37.9. The molecule has 3 N–H and O–H groups in total. The van der Waals surface area contributed by atoms with Gasteiger partial charge in [-0.3, -0.25) is 19.7 Å². The first kappa shape index (κ1) is 23.7. The summed E-state index contributed by atoms with van der Waals surface area (Å²) in [7, 11) is -3.59. The lowest BCUT2D eigenvalue weighted by atomic mass is 10.1. The highest BCUT2D eigenvalue weighted by Gasteiger charge is 2.18. The second kappa shape index (κ2) is 9.65. The molecule has 0 aliphatic heterocycles. The summed E-state index contributed by atoms with van der Waals surface area (Å²) in [6.07, 6.45) is 0.962. The quantitative estimate of drug-likeness (QED) is 0.260. The lowest BCUT2D eigenvalue weighted by Crippen LogP contribution is -2.33. The third kappa shape index (κ3) is 5.83. The number of pyridine rings is 1. The number of carbonyl (C=O) groups is 1. The maximum absolute atomic E-state index is 12.4. The molecule has 3 aromatic rings. The molecule has 0 atom stereocenters. The smallest absolute Gasteiger partial charge is 0.293 e. The van der Waals surface area contributed by atoms with Crippen LogP contribution in [-0.4, -0.2) is 43.6 Å². The number of nitro benzene ring substituents is 1. The minimum Gasteiger partial charge on any atom is -0.378 e. The molecule has 0 bridgehead atoms. The summed E-state index contributed by atoms with van der Waals surface area (Å²) < 4.78 is 23.2. The van der Waals surface area contributed by atoms with E-state index in [2.05, 4.69) is 15.6 Å². The number of nitrogens with zero attached hydrogens (tertiary/aromatic N) is 1. The highest BCUT2D eigenvalue weighted by atomic mass is 32.2. The summed E-state index contributed by atoms with van der Waals surface area (Å²) in [5.41, 5.74) is 1.57. The fourth-order valence-electron chi connectivity index (χ4n) is 3.14. The van der Waals surface area contributed by atoms with Gasteiger partial charge in [-0.25, -0.2) is 8.42 Å². The van der Waals surface area contributed by atoms with Crippen molar-refractivity contribution in [3.05, 3.63) is 86.2 Å². The zero-order chi connectivity index (χ0) is 24.2. The van der Waals surface area contributed by atoms with Crippen LogP contribution in [0.4, 0.5) is 11.4 Å². The second-order valence-corrected chi connectivity index (χ2v) is 9.39. The molecule has 1 heterocycles. The predicted molar refractivity (Wildman–Crippen MR) is 124 cm³/mol. The molecule has 172 valence electrons. The zero-order valence-electron chi connectivity index (χ0n) is 17.9. The SMILES string of the molecule is Cc1cccc(-c2ccc(C(=O)NCCNc3ccc(S(C)(=O)=O)cc3[N+](=O)[O-])c(=O)[nH]2)c1. The van der Waals surface area contributed by atoms with Crippen molar-refractivity contribution < 1.29 is 18.1 Å². The van der Waals surface area contributed by atoms with Gasteiger partial charge < -0.3 is 15.6 Å². The van der Waals surface area contributed by atoms with Gasteiger partial charge in [0.25, 0.3) is 17.2 Å². The van der Waals surface area contributed by atoms with Crippen molar-refractivity contribution in [2.45, 2.75) is 11.8 Å². The van der Waals surface area contributed by atoms with Crippen LogP contribution < -0.4 is 16.2 Å². The molecule has 2 aromatic carbocycles. The van der Waals surface area contributed by atoms with Gasteiger partial charge in [0.2, 0.25) is 0 Å². The first-order valence-electron chi connectivity index (χ1n) is 9.87. The molecular formula is C22H22N4O6S. The Morgan fingerprint density at radius 1 is 1.09 bits per heavy atom. The van der Waals surface area contributed by atoms with Crippen molar-refractivity contribution in [1.29, 1.82) is 0 Å². The van der Waals surface area contributed by atoms with Gasteiger partial charge in [-0.2, -0.15) is 0 Å². The maximum Gasteiger partial charge on any atom is 0.293 e. The number of sulfone groups is 1. The van der Waals surface area contributed by atoms with E-state index in [1.165, 1.54) is 18.2 Å². The van der Waals surface area contributed by atoms with Crippen molar-refractivity contribution >= 4 is 27.1 Å². The summed E-state index contributed by atoms with van der Waals surface area (Å²) in [5, 5.41) is 16.6. The molecule has 0 aliphatic rings. The molecule has 3 rings (SSSR count). The summed E-state index contributed by atoms with van der Waals surface area (Å²) in [6, 6.07) is 14.2. The number of carbonyl (C=O) groups excluding carboxylic acids is 1. The first-order chi connectivity index (χ1) is 15.6. The summed E-state index contributed by atoms with van der Waals surface area (Å²) in [5.74, 6) is -0.587. The number of rotatable bonds is 8. The molecule has 0 spiro atoms. The van der Waals surface area contributed by atoms with Gasteiger partial charge in [0.15, 0.2) is 9.84 Å². The van der Waals surface area contributed by atoms with Crippen molar-refractivity contribution in [1.82, 2.24) is 10.3 Å². The van der Waals surface area contributed by atoms with E-state index in [1.54, 1.807) is 6.07 Å². The number of H-pyrrole nitrogens is 1. The van der Waals surface area contributed by atoms with E-state index in [0.29, 0.717) is 5.69 Å². The Morgan fingerprint density at radius 3 is 2.48 bits per heavy atom. The molecule has 1 aromatic heterocycles. The van der Waals surface area contributed by atoms with Crippen LogP contribution in [-0.2, 0) is 9.84 Å². The largest absolute Gasteiger partial charge is 0.378 e. The van der Waals surface area contributed by atoms with Gasteiger partial charge in [-0.15, -0.1) is 0 Å². The molecule has 1 amide bonds. The Balaban J connectivity index is 1.63. The Kier molecular flexibility index (Phi) is 6.92. The van der Waals surface area contributed by atoms with E-state index in [4.69, 9.17) is 0 Å². The molecule has 0 fully saturated rings. The number of aromatic nitrogens is 1. The number of anilines is 1. The standard InChI is InChI=1S/C22H22N4O6S/c1-14-4-3-5-15(12-14)18-9-7-17(22(28)25-18)21(27)24-11-10-23-19-8-6-16(33(2,31)32)13-20(19)26(29)30/h3-9,12-13,23H,10-11H2,1-2H3,(H,24,27)(H,25,28). The fraction of sp³-hybridized carbons (Fsp3) is 0.182. The lowest BCUT2D eigenvalue weighted by molar-refractivity contribution is -0.384. The van der Waals surface area contributed by atoms with Crippen LogP contribution in [0.15, 0.2) is 64.3 Å². The molecule has 33 heavy (non-hydrogen) atoms. The van der Waals surface area contributed by atoms with Crippen molar-refractivity contribution in [3.8, 4) is 11.3 Å². The van der Waals surface area contributed by atoms with Crippen LogP contribution in [0.1, 0.15) is 15.9 Å². The van der Waals surface area contributed by atoms with Gasteiger partial charge in [-0.05, 0) is 42.8 Å². The number of hydrogen-bond acceptors (Lipinski definition) is 7. The van der Waals surface area contributed by atoms with Gasteiger partial charge in [0.05, 0.1) is 9.82 Å². The third-order valence-corrected chi connectivity index (χ3v) is 5.91. The number of amides is 1. The van der Waals surface area contributed by atoms with Crippen molar-refractivity contribution in [3.63, 3.8) is 0 Å². The molecule has 11 heteroatoms. The van der Waals surface area contributed by atoms with Crippen LogP contribution in [0.2, 0.25) is 0 Å². The highest BCUT2D eigenvalue weighted by Crippen LogP contribution is 2.27. The molecule has 10 nitrogen and oxygen atoms in total. The summed E-state index contributed by atoms with van der Waals surface area (Å²) in [6.45, 7) is 2.12. The molecule has 0 saturated carbocycles. The second-order valence-electron chi connectivity index (χ2n) is 7.38. The minimum absolute atomic E-state index is 0.0603. The summed E-state index contributed by atoms with van der Waals surface area (Å²) >= 11 is 0. The van der Waals surface area contributed by atoms with Crippen LogP contribution in [0, 0.1) is 17.0 Å². The fourth-order valence-corrected chi connectivity index (χ4v) is 3.79. The van der Waals surface area contributed by atoms with Gasteiger partial charge in [-0.1, -0.05) is 23.8 Å². The molecule has 0 aliphatic carbocycles. The van der Waals surface area contributed by atoms with E-state index in [9.17, 15) is 28.1 Å². The number of aromatic amines is 1. The number of benzene rings is 2. The maximum atomic E-state index is 12.4. The van der Waals surface area contributed by atoms with Crippen LogP contribution in [0.5, 0.6) is 0 Å². The van der Waals surface area contributed by atoms with E-state index in [1.807, 2.05) is 31.2 Å². The molecule has 0 unspecified atom stereocenters. The number of nitrogens with one attached hydrogen (secondary N) is 3. The van der Waals surface area contributed by atoms with E-state index in [0.717, 1.165) is 23.4 Å². The topological polar surface area (TPSA) is 151 Å². The van der Waals surface area contributed by atoms with E-state index in [-0.39, 0.29) is 29.2 Å². The van der Waals surface area contributed by atoms with Gasteiger partial charge >= 0.3 is 0 Å². The molecule has 0 radical (unpaired) electrons. The predicted octanol–water partition coefficient (Wildman–Crippen LogP) is 2.50. The average Bonchev–Trinajstić information content (AvgIpc) is 2.75. The Hall–Kier alpha value is -3.99. The molecule has 0 saturated heterocycles. The third-order valence-electron chi connectivity index (χ3n) is 4.80. The van der Waals surface area contributed by atoms with E-state index < -0.39 is 31.9 Å². The number of aryl methyl sites for hydroxylation is 1. The lowest BCUT2D eigenvalue weighted by Gasteiger charge is -2.10.